The molecule has 0 spiro atoms. The van der Waals surface area contributed by atoms with Gasteiger partial charge in [0.1, 0.15) is 0 Å². The summed E-state index contributed by atoms with van der Waals surface area (Å²) in [6.07, 6.45) is 7.07. The predicted octanol–water partition coefficient (Wildman–Crippen LogP) is 2.90. The van der Waals surface area contributed by atoms with Crippen LogP contribution in [0.3, 0.4) is 0 Å². The van der Waals surface area contributed by atoms with E-state index >= 15 is 0 Å². The number of aromatic nitrogens is 4. The van der Waals surface area contributed by atoms with Crippen molar-refractivity contribution in [3.05, 3.63) is 48.9 Å². The summed E-state index contributed by atoms with van der Waals surface area (Å²) in [5, 5.41) is 8.94. The highest BCUT2D eigenvalue weighted by Crippen LogP contribution is 2.25. The van der Waals surface area contributed by atoms with Crippen molar-refractivity contribution >= 4 is 0 Å². The number of aryl methyl sites for hydroxylation is 2. The molecule has 0 aliphatic carbocycles. The molecule has 0 atom stereocenters. The SMILES string of the molecule is CN(C)CCCn1ccc(-c2cccc(-c3cnn(C)c3)c2)n1. The van der Waals surface area contributed by atoms with E-state index < -0.39 is 0 Å². The summed E-state index contributed by atoms with van der Waals surface area (Å²) in [5.74, 6) is 0. The van der Waals surface area contributed by atoms with Gasteiger partial charge in [0.05, 0.1) is 11.9 Å². The Bertz CT molecular complexity index is 769. The number of rotatable bonds is 6. The maximum Gasteiger partial charge on any atom is 0.0923 e. The molecule has 5 nitrogen and oxygen atoms in total. The fraction of sp³-hybridized carbons (Fsp3) is 0.333. The summed E-state index contributed by atoms with van der Waals surface area (Å²) in [4.78, 5) is 2.20. The molecule has 1 aromatic carbocycles. The van der Waals surface area contributed by atoms with Gasteiger partial charge < -0.3 is 4.90 Å². The van der Waals surface area contributed by atoms with Crippen molar-refractivity contribution in [2.24, 2.45) is 7.05 Å². The highest BCUT2D eigenvalue weighted by atomic mass is 15.3. The van der Waals surface area contributed by atoms with Crippen LogP contribution in [0.25, 0.3) is 22.4 Å². The third-order valence-electron chi connectivity index (χ3n) is 3.83. The van der Waals surface area contributed by atoms with Crippen molar-refractivity contribution in [2.75, 3.05) is 20.6 Å². The van der Waals surface area contributed by atoms with Crippen LogP contribution in [0, 0.1) is 0 Å². The van der Waals surface area contributed by atoms with Crippen molar-refractivity contribution in [3.8, 4) is 22.4 Å². The molecule has 0 bridgehead atoms. The monoisotopic (exact) mass is 309 g/mol. The van der Waals surface area contributed by atoms with E-state index in [1.165, 1.54) is 0 Å². The molecule has 3 rings (SSSR count). The molecule has 2 aromatic heterocycles. The number of hydrogen-bond donors (Lipinski definition) is 0. The van der Waals surface area contributed by atoms with Gasteiger partial charge in [0.2, 0.25) is 0 Å². The van der Waals surface area contributed by atoms with Gasteiger partial charge in [-0.2, -0.15) is 10.2 Å². The molecule has 0 fully saturated rings. The zero-order valence-corrected chi connectivity index (χ0v) is 14.0. The second-order valence-electron chi connectivity index (χ2n) is 6.10. The van der Waals surface area contributed by atoms with Crippen LogP contribution in [-0.2, 0) is 13.6 Å². The lowest BCUT2D eigenvalue weighted by Crippen LogP contribution is -2.15. The molecule has 3 aromatic rings. The highest BCUT2D eigenvalue weighted by molar-refractivity contribution is 5.70. The zero-order chi connectivity index (χ0) is 16.2. The number of hydrogen-bond acceptors (Lipinski definition) is 3. The molecule has 0 radical (unpaired) electrons. The molecule has 0 saturated carbocycles. The Morgan fingerprint density at radius 2 is 1.91 bits per heavy atom. The van der Waals surface area contributed by atoms with Gasteiger partial charge >= 0.3 is 0 Å². The molecule has 2 heterocycles. The van der Waals surface area contributed by atoms with Crippen LogP contribution in [0.15, 0.2) is 48.9 Å². The molecule has 0 aliphatic heterocycles. The average molecular weight is 309 g/mol. The predicted molar refractivity (Wildman–Crippen MR) is 93.0 cm³/mol. The minimum Gasteiger partial charge on any atom is -0.309 e. The molecule has 0 saturated heterocycles. The number of nitrogens with zero attached hydrogens (tertiary/aromatic N) is 5. The first kappa shape index (κ1) is 15.5. The van der Waals surface area contributed by atoms with Gasteiger partial charge in [0.25, 0.3) is 0 Å². The Hall–Kier alpha value is -2.40. The van der Waals surface area contributed by atoms with Gasteiger partial charge in [-0.3, -0.25) is 9.36 Å². The summed E-state index contributed by atoms with van der Waals surface area (Å²) in [6, 6.07) is 10.5. The molecular weight excluding hydrogens is 286 g/mol. The Morgan fingerprint density at radius 3 is 2.65 bits per heavy atom. The summed E-state index contributed by atoms with van der Waals surface area (Å²) in [5.41, 5.74) is 4.44. The van der Waals surface area contributed by atoms with Crippen LogP contribution >= 0.6 is 0 Å². The van der Waals surface area contributed by atoms with Crippen LogP contribution in [-0.4, -0.2) is 45.1 Å². The minimum atomic E-state index is 0.945. The first-order chi connectivity index (χ1) is 11.1. The van der Waals surface area contributed by atoms with E-state index in [1.54, 1.807) is 0 Å². The summed E-state index contributed by atoms with van der Waals surface area (Å²) in [6.45, 7) is 2.02. The van der Waals surface area contributed by atoms with Crippen molar-refractivity contribution < 1.29 is 0 Å². The fourth-order valence-electron chi connectivity index (χ4n) is 2.62. The van der Waals surface area contributed by atoms with Gasteiger partial charge in [-0.1, -0.05) is 18.2 Å². The molecule has 0 unspecified atom stereocenters. The third-order valence-corrected chi connectivity index (χ3v) is 3.83. The summed E-state index contributed by atoms with van der Waals surface area (Å²) < 4.78 is 3.84. The third kappa shape index (κ3) is 3.87. The Balaban J connectivity index is 1.76. The minimum absolute atomic E-state index is 0.945. The van der Waals surface area contributed by atoms with Crippen LogP contribution in [0.1, 0.15) is 6.42 Å². The lowest BCUT2D eigenvalue weighted by atomic mass is 10.0. The second kappa shape index (κ2) is 6.79. The molecule has 0 aliphatic rings. The zero-order valence-electron chi connectivity index (χ0n) is 14.0. The van der Waals surface area contributed by atoms with E-state index in [2.05, 4.69) is 60.6 Å². The molecule has 0 N–H and O–H groups in total. The van der Waals surface area contributed by atoms with E-state index in [1.807, 2.05) is 28.8 Å². The molecule has 0 amide bonds. The molecular formula is C18H23N5. The van der Waals surface area contributed by atoms with Gasteiger partial charge in [0.15, 0.2) is 0 Å². The van der Waals surface area contributed by atoms with E-state index in [4.69, 9.17) is 5.10 Å². The summed E-state index contributed by atoms with van der Waals surface area (Å²) in [7, 11) is 6.12. The largest absolute Gasteiger partial charge is 0.309 e. The average Bonchev–Trinajstić information content (AvgIpc) is 3.16. The van der Waals surface area contributed by atoms with Crippen molar-refractivity contribution in [2.45, 2.75) is 13.0 Å². The van der Waals surface area contributed by atoms with Crippen LogP contribution in [0.2, 0.25) is 0 Å². The Morgan fingerprint density at radius 1 is 1.09 bits per heavy atom. The maximum atomic E-state index is 4.69. The Labute approximate surface area is 137 Å². The smallest absolute Gasteiger partial charge is 0.0923 e. The standard InChI is InChI=1S/C18H23N5/c1-21(2)9-5-10-23-11-8-18(20-23)16-7-4-6-15(12-16)17-13-19-22(3)14-17/h4,6-8,11-14H,5,9-10H2,1-3H3. The van der Waals surface area contributed by atoms with Crippen LogP contribution < -0.4 is 0 Å². The molecule has 120 valence electrons. The lowest BCUT2D eigenvalue weighted by molar-refractivity contribution is 0.381. The normalized spacial score (nSPS) is 11.3. The second-order valence-corrected chi connectivity index (χ2v) is 6.10. The quantitative estimate of drug-likeness (QED) is 0.703. The van der Waals surface area contributed by atoms with Crippen LogP contribution in [0.5, 0.6) is 0 Å². The molecule has 23 heavy (non-hydrogen) atoms. The fourth-order valence-corrected chi connectivity index (χ4v) is 2.62. The topological polar surface area (TPSA) is 38.9 Å². The molecule has 5 heteroatoms. The van der Waals surface area contributed by atoms with Crippen molar-refractivity contribution in [3.63, 3.8) is 0 Å². The van der Waals surface area contributed by atoms with E-state index in [9.17, 15) is 0 Å². The first-order valence-electron chi connectivity index (χ1n) is 7.89. The van der Waals surface area contributed by atoms with Crippen LogP contribution in [0.4, 0.5) is 0 Å². The summed E-state index contributed by atoms with van der Waals surface area (Å²) >= 11 is 0. The van der Waals surface area contributed by atoms with Crippen molar-refractivity contribution in [1.29, 1.82) is 0 Å². The maximum absolute atomic E-state index is 4.69. The van der Waals surface area contributed by atoms with E-state index in [0.717, 1.165) is 41.9 Å². The van der Waals surface area contributed by atoms with Gasteiger partial charge in [-0.05, 0) is 44.8 Å². The van der Waals surface area contributed by atoms with Gasteiger partial charge in [0, 0.05) is 37.1 Å². The van der Waals surface area contributed by atoms with Crippen molar-refractivity contribution in [1.82, 2.24) is 24.5 Å². The van der Waals surface area contributed by atoms with Gasteiger partial charge in [-0.15, -0.1) is 0 Å². The highest BCUT2D eigenvalue weighted by Gasteiger charge is 2.06. The number of benzene rings is 1. The van der Waals surface area contributed by atoms with E-state index in [0.29, 0.717) is 0 Å². The van der Waals surface area contributed by atoms with Gasteiger partial charge in [-0.25, -0.2) is 0 Å². The Kier molecular flexibility index (Phi) is 4.57. The first-order valence-corrected chi connectivity index (χ1v) is 7.89. The lowest BCUT2D eigenvalue weighted by Gasteiger charge is -2.08. The van der Waals surface area contributed by atoms with E-state index in [-0.39, 0.29) is 0 Å².